The second-order valence-corrected chi connectivity index (χ2v) is 11.1. The number of hydrogen-bond acceptors (Lipinski definition) is 10. The van der Waals surface area contributed by atoms with Crippen molar-refractivity contribution in [1.82, 2.24) is 30.2 Å². The standard InChI is InChI=1S/C34H29N7O6/c42-31-8-6-29(32(43)40-31)41-33(44)24-4-3-23(16-25(24)34(41)45)47-14-13-46-12-11-36-30-7-2-22(18-38-30)21-1-5-26(37-17-21)27-15-20-9-10-35-19-28(20)39-27/h1-5,7,9-10,15-19,29,39H,6,8,11-14H2,(H,36,38)(H,40,42,43). The summed E-state index contributed by atoms with van der Waals surface area (Å²) in [6.07, 6.45) is 7.35. The monoisotopic (exact) mass is 631 g/mol. The summed E-state index contributed by atoms with van der Waals surface area (Å²) in [4.78, 5) is 67.0. The Balaban J connectivity index is 0.839. The molecule has 3 N–H and O–H groups in total. The van der Waals surface area contributed by atoms with Crippen LogP contribution in [-0.4, -0.2) is 80.9 Å². The number of rotatable bonds is 11. The smallest absolute Gasteiger partial charge is 0.262 e. The number of carbonyl (C=O) groups is 4. The maximum absolute atomic E-state index is 13.0. The topological polar surface area (TPSA) is 168 Å². The van der Waals surface area contributed by atoms with Crippen molar-refractivity contribution in [1.29, 1.82) is 0 Å². The van der Waals surface area contributed by atoms with E-state index in [0.717, 1.165) is 38.3 Å². The molecule has 13 heteroatoms. The van der Waals surface area contributed by atoms with Crippen LogP contribution in [0.25, 0.3) is 33.4 Å². The molecule has 1 aromatic carbocycles. The Labute approximate surface area is 268 Å². The molecule has 2 aliphatic heterocycles. The first-order valence-corrected chi connectivity index (χ1v) is 15.1. The molecule has 4 amide bonds. The van der Waals surface area contributed by atoms with Gasteiger partial charge >= 0.3 is 0 Å². The number of amides is 4. The molecule has 47 heavy (non-hydrogen) atoms. The molecule has 2 aliphatic rings. The van der Waals surface area contributed by atoms with Crippen molar-refractivity contribution in [3.63, 3.8) is 0 Å². The fraction of sp³-hybridized carbons (Fsp3) is 0.206. The van der Waals surface area contributed by atoms with Crippen molar-refractivity contribution in [2.45, 2.75) is 18.9 Å². The highest BCUT2D eigenvalue weighted by atomic mass is 16.5. The van der Waals surface area contributed by atoms with Gasteiger partial charge < -0.3 is 19.8 Å². The van der Waals surface area contributed by atoms with Gasteiger partial charge in [0, 0.05) is 48.1 Å². The Morgan fingerprint density at radius 3 is 2.45 bits per heavy atom. The second-order valence-electron chi connectivity index (χ2n) is 11.1. The van der Waals surface area contributed by atoms with Crippen LogP contribution in [0.3, 0.4) is 0 Å². The first-order chi connectivity index (χ1) is 22.9. The second kappa shape index (κ2) is 12.8. The number of anilines is 1. The van der Waals surface area contributed by atoms with Crippen LogP contribution in [0.2, 0.25) is 0 Å². The van der Waals surface area contributed by atoms with Gasteiger partial charge in [-0.3, -0.25) is 39.4 Å². The van der Waals surface area contributed by atoms with E-state index in [1.165, 1.54) is 12.1 Å². The van der Waals surface area contributed by atoms with E-state index in [-0.39, 0.29) is 30.6 Å². The third kappa shape index (κ3) is 6.16. The van der Waals surface area contributed by atoms with E-state index in [1.807, 2.05) is 36.5 Å². The van der Waals surface area contributed by atoms with Crippen molar-refractivity contribution in [2.24, 2.45) is 0 Å². The van der Waals surface area contributed by atoms with E-state index in [4.69, 9.17) is 9.47 Å². The Morgan fingerprint density at radius 1 is 0.851 bits per heavy atom. The molecule has 7 rings (SSSR count). The number of nitrogens with zero attached hydrogens (tertiary/aromatic N) is 4. The van der Waals surface area contributed by atoms with Gasteiger partial charge in [0.2, 0.25) is 11.8 Å². The highest BCUT2D eigenvalue weighted by Crippen LogP contribution is 2.30. The molecule has 1 unspecified atom stereocenters. The van der Waals surface area contributed by atoms with Crippen molar-refractivity contribution < 1.29 is 28.7 Å². The number of nitrogens with one attached hydrogen (secondary N) is 3. The molecule has 5 aromatic rings. The van der Waals surface area contributed by atoms with Gasteiger partial charge in [-0.1, -0.05) is 6.07 Å². The summed E-state index contributed by atoms with van der Waals surface area (Å²) in [5, 5.41) is 6.50. The highest BCUT2D eigenvalue weighted by molar-refractivity contribution is 6.23. The van der Waals surface area contributed by atoms with E-state index in [9.17, 15) is 19.2 Å². The van der Waals surface area contributed by atoms with Crippen molar-refractivity contribution in [2.75, 3.05) is 31.7 Å². The summed E-state index contributed by atoms with van der Waals surface area (Å²) < 4.78 is 11.4. The van der Waals surface area contributed by atoms with Crippen LogP contribution in [-0.2, 0) is 14.3 Å². The Hall–Kier alpha value is -5.95. The number of pyridine rings is 3. The van der Waals surface area contributed by atoms with Gasteiger partial charge in [-0.05, 0) is 55.0 Å². The lowest BCUT2D eigenvalue weighted by Crippen LogP contribution is -2.54. The number of benzene rings is 1. The van der Waals surface area contributed by atoms with E-state index < -0.39 is 29.7 Å². The lowest BCUT2D eigenvalue weighted by molar-refractivity contribution is -0.136. The quantitative estimate of drug-likeness (QED) is 0.145. The zero-order chi connectivity index (χ0) is 32.3. The van der Waals surface area contributed by atoms with Crippen LogP contribution in [0.1, 0.15) is 33.6 Å². The molecular weight excluding hydrogens is 602 g/mol. The first kappa shape index (κ1) is 29.7. The lowest BCUT2D eigenvalue weighted by Gasteiger charge is -2.27. The number of hydrogen-bond donors (Lipinski definition) is 3. The maximum atomic E-state index is 13.0. The van der Waals surface area contributed by atoms with Crippen LogP contribution < -0.4 is 15.4 Å². The maximum Gasteiger partial charge on any atom is 0.262 e. The summed E-state index contributed by atoms with van der Waals surface area (Å²) in [5.41, 5.74) is 5.02. The van der Waals surface area contributed by atoms with E-state index in [2.05, 4.69) is 36.6 Å². The van der Waals surface area contributed by atoms with E-state index >= 15 is 0 Å². The van der Waals surface area contributed by atoms with Gasteiger partial charge in [-0.2, -0.15) is 0 Å². The molecule has 0 radical (unpaired) electrons. The molecule has 13 nitrogen and oxygen atoms in total. The molecule has 1 fully saturated rings. The molecule has 4 aromatic heterocycles. The van der Waals surface area contributed by atoms with Crippen molar-refractivity contribution in [3.05, 3.63) is 90.5 Å². The fourth-order valence-electron chi connectivity index (χ4n) is 5.61. The predicted octanol–water partition coefficient (Wildman–Crippen LogP) is 3.60. The van der Waals surface area contributed by atoms with Gasteiger partial charge in [-0.15, -0.1) is 0 Å². The van der Waals surface area contributed by atoms with Crippen LogP contribution in [0.4, 0.5) is 5.82 Å². The van der Waals surface area contributed by atoms with Gasteiger partial charge in [0.05, 0.1) is 47.4 Å². The van der Waals surface area contributed by atoms with Gasteiger partial charge in [0.15, 0.2) is 0 Å². The molecule has 236 valence electrons. The zero-order valence-corrected chi connectivity index (χ0v) is 25.1. The summed E-state index contributed by atoms with van der Waals surface area (Å²) in [7, 11) is 0. The molecule has 0 bridgehead atoms. The van der Waals surface area contributed by atoms with Crippen LogP contribution in [0, 0.1) is 0 Å². The predicted molar refractivity (Wildman–Crippen MR) is 170 cm³/mol. The number of imide groups is 2. The van der Waals surface area contributed by atoms with Crippen molar-refractivity contribution in [3.8, 4) is 28.3 Å². The SMILES string of the molecule is O=C1CCC(N2C(=O)c3ccc(OCCOCCNc4ccc(-c5ccc(-c6cc7ccncc7[nH]6)nc5)cn4)cc3C2=O)C(=O)N1. The van der Waals surface area contributed by atoms with Gasteiger partial charge in [0.25, 0.3) is 11.8 Å². The van der Waals surface area contributed by atoms with Crippen molar-refractivity contribution >= 4 is 40.3 Å². The third-order valence-electron chi connectivity index (χ3n) is 8.02. The fourth-order valence-corrected chi connectivity index (χ4v) is 5.61. The van der Waals surface area contributed by atoms with Crippen LogP contribution >= 0.6 is 0 Å². The minimum absolute atomic E-state index is 0.0656. The summed E-state index contributed by atoms with van der Waals surface area (Å²) in [5.74, 6) is -1.08. The summed E-state index contributed by atoms with van der Waals surface area (Å²) in [6.45, 7) is 1.49. The van der Waals surface area contributed by atoms with Crippen LogP contribution in [0.15, 0.2) is 79.4 Å². The number of ether oxygens (including phenoxy) is 2. The average Bonchev–Trinajstić information content (AvgIpc) is 3.63. The molecule has 0 saturated carbocycles. The molecule has 1 atom stereocenters. The molecule has 1 saturated heterocycles. The Morgan fingerprint density at radius 2 is 1.68 bits per heavy atom. The normalized spacial score (nSPS) is 16.0. The number of aromatic nitrogens is 4. The lowest BCUT2D eigenvalue weighted by atomic mass is 10.0. The third-order valence-corrected chi connectivity index (χ3v) is 8.02. The number of piperidine rings is 1. The molecule has 6 heterocycles. The van der Waals surface area contributed by atoms with E-state index in [0.29, 0.717) is 31.3 Å². The number of H-pyrrole nitrogens is 1. The molecule has 0 aliphatic carbocycles. The number of carbonyl (C=O) groups excluding carboxylic acids is 4. The molecular formula is C34H29N7O6. The number of aromatic amines is 1. The van der Waals surface area contributed by atoms with Gasteiger partial charge in [-0.25, -0.2) is 4.98 Å². The Bertz CT molecular complexity index is 1960. The number of fused-ring (bicyclic) bond motifs is 2. The Kier molecular flexibility index (Phi) is 8.11. The average molecular weight is 632 g/mol. The summed E-state index contributed by atoms with van der Waals surface area (Å²) >= 11 is 0. The van der Waals surface area contributed by atoms with Crippen LogP contribution in [0.5, 0.6) is 5.75 Å². The zero-order valence-electron chi connectivity index (χ0n) is 25.1. The largest absolute Gasteiger partial charge is 0.491 e. The highest BCUT2D eigenvalue weighted by Gasteiger charge is 2.44. The minimum Gasteiger partial charge on any atom is -0.491 e. The minimum atomic E-state index is -1.01. The van der Waals surface area contributed by atoms with E-state index in [1.54, 1.807) is 24.7 Å². The first-order valence-electron chi connectivity index (χ1n) is 15.1. The molecule has 0 spiro atoms. The van der Waals surface area contributed by atoms with Gasteiger partial charge in [0.1, 0.15) is 24.2 Å². The summed E-state index contributed by atoms with van der Waals surface area (Å²) in [6, 6.07) is 15.5.